The molecule has 1 aromatic rings. The number of benzene rings is 1. The molecule has 0 bridgehead atoms. The van der Waals surface area contributed by atoms with Crippen molar-refractivity contribution in [1.29, 1.82) is 0 Å². The average molecular weight is 249 g/mol. The van der Waals surface area contributed by atoms with Gasteiger partial charge >= 0.3 is 0 Å². The van der Waals surface area contributed by atoms with Crippen LogP contribution in [-0.4, -0.2) is 26.9 Å². The van der Waals surface area contributed by atoms with Gasteiger partial charge in [0.15, 0.2) is 0 Å². The van der Waals surface area contributed by atoms with Gasteiger partial charge in [-0.05, 0) is 18.1 Å². The van der Waals surface area contributed by atoms with E-state index in [1.54, 1.807) is 7.11 Å². The molecule has 3 nitrogen and oxygen atoms in total. The summed E-state index contributed by atoms with van der Waals surface area (Å²) in [4.78, 5) is 0. The Morgan fingerprint density at radius 1 is 1.22 bits per heavy atom. The van der Waals surface area contributed by atoms with Crippen molar-refractivity contribution < 1.29 is 9.47 Å². The molecule has 3 heteroatoms. The minimum absolute atomic E-state index is 0.646. The van der Waals surface area contributed by atoms with Crippen LogP contribution in [0, 0.1) is 0 Å². The fourth-order valence-electron chi connectivity index (χ4n) is 1.54. The Morgan fingerprint density at radius 2 is 1.89 bits per heavy atom. The molecule has 0 aliphatic heterocycles. The van der Waals surface area contributed by atoms with E-state index in [2.05, 4.69) is 36.2 Å². The smallest absolute Gasteiger partial charge is 0.0713 e. The summed E-state index contributed by atoms with van der Waals surface area (Å²) in [5, 5.41) is 3.34. The zero-order valence-corrected chi connectivity index (χ0v) is 11.4. The van der Waals surface area contributed by atoms with Gasteiger partial charge in [0.2, 0.25) is 0 Å². The Balaban J connectivity index is 2.13. The largest absolute Gasteiger partial charge is 0.380 e. The molecule has 0 amide bonds. The maximum absolute atomic E-state index is 5.41. The van der Waals surface area contributed by atoms with Crippen LogP contribution in [0.3, 0.4) is 0 Å². The lowest BCUT2D eigenvalue weighted by molar-refractivity contribution is 0.158. The predicted molar refractivity (Wildman–Crippen MR) is 74.5 cm³/mol. The number of methoxy groups -OCH3 is 1. The maximum atomic E-state index is 5.41. The van der Waals surface area contributed by atoms with E-state index in [1.807, 2.05) is 6.92 Å². The lowest BCUT2D eigenvalue weighted by Gasteiger charge is -2.07. The summed E-state index contributed by atoms with van der Waals surface area (Å²) < 4.78 is 10.5. The number of hydrogen-bond donors (Lipinski definition) is 1. The fraction of sp³-hybridized carbons (Fsp3) is 0.467. The zero-order chi connectivity index (χ0) is 13.2. The summed E-state index contributed by atoms with van der Waals surface area (Å²) in [6.07, 6.45) is 0. The number of rotatable bonds is 9. The van der Waals surface area contributed by atoms with Crippen LogP contribution in [0.5, 0.6) is 0 Å². The quantitative estimate of drug-likeness (QED) is 0.539. The normalized spacial score (nSPS) is 10.6. The highest BCUT2D eigenvalue weighted by Gasteiger charge is 1.95. The van der Waals surface area contributed by atoms with Crippen LogP contribution in [0.15, 0.2) is 36.4 Å². The highest BCUT2D eigenvalue weighted by atomic mass is 16.5. The molecule has 0 saturated heterocycles. The molecule has 1 rings (SSSR count). The highest BCUT2D eigenvalue weighted by molar-refractivity contribution is 5.21. The lowest BCUT2D eigenvalue weighted by Crippen LogP contribution is -2.19. The van der Waals surface area contributed by atoms with Gasteiger partial charge in [-0.1, -0.05) is 36.4 Å². The molecule has 0 spiro atoms. The van der Waals surface area contributed by atoms with Crippen molar-refractivity contribution in [2.24, 2.45) is 0 Å². The Bertz CT molecular complexity index is 346. The monoisotopic (exact) mass is 249 g/mol. The maximum Gasteiger partial charge on any atom is 0.0713 e. The molecule has 1 aromatic carbocycles. The summed E-state index contributed by atoms with van der Waals surface area (Å²) >= 11 is 0. The predicted octanol–water partition coefficient (Wildman–Crippen LogP) is 2.52. The first-order valence-corrected chi connectivity index (χ1v) is 6.22. The van der Waals surface area contributed by atoms with Crippen LogP contribution in [0.4, 0.5) is 0 Å². The molecule has 0 unspecified atom stereocenters. The van der Waals surface area contributed by atoms with E-state index < -0.39 is 0 Å². The average Bonchev–Trinajstić information content (AvgIpc) is 2.35. The third-order valence-electron chi connectivity index (χ3n) is 2.43. The van der Waals surface area contributed by atoms with Crippen LogP contribution in [-0.2, 0) is 22.6 Å². The van der Waals surface area contributed by atoms with Gasteiger partial charge in [-0.3, -0.25) is 0 Å². The third kappa shape index (κ3) is 6.55. The van der Waals surface area contributed by atoms with Gasteiger partial charge in [0.25, 0.3) is 0 Å². The lowest BCUT2D eigenvalue weighted by atomic mass is 10.1. The van der Waals surface area contributed by atoms with Crippen LogP contribution in [0.2, 0.25) is 0 Å². The molecule has 0 radical (unpaired) electrons. The van der Waals surface area contributed by atoms with Gasteiger partial charge in [-0.2, -0.15) is 0 Å². The van der Waals surface area contributed by atoms with Gasteiger partial charge < -0.3 is 14.8 Å². The van der Waals surface area contributed by atoms with Gasteiger partial charge in [-0.15, -0.1) is 0 Å². The SMILES string of the molecule is C=C(C)COCCNCc1ccc(COC)cc1. The molecule has 0 aromatic heterocycles. The fourth-order valence-corrected chi connectivity index (χ4v) is 1.54. The van der Waals surface area contributed by atoms with E-state index in [9.17, 15) is 0 Å². The molecule has 100 valence electrons. The van der Waals surface area contributed by atoms with Crippen molar-refractivity contribution in [1.82, 2.24) is 5.32 Å². The van der Waals surface area contributed by atoms with Crippen molar-refractivity contribution in [3.05, 3.63) is 47.5 Å². The second-order valence-corrected chi connectivity index (χ2v) is 4.44. The van der Waals surface area contributed by atoms with Crippen LogP contribution < -0.4 is 5.32 Å². The van der Waals surface area contributed by atoms with E-state index in [0.717, 1.165) is 18.7 Å². The topological polar surface area (TPSA) is 30.5 Å². The number of hydrogen-bond acceptors (Lipinski definition) is 3. The highest BCUT2D eigenvalue weighted by Crippen LogP contribution is 2.05. The summed E-state index contributed by atoms with van der Waals surface area (Å²) in [6.45, 7) is 9.51. The second-order valence-electron chi connectivity index (χ2n) is 4.44. The molecule has 18 heavy (non-hydrogen) atoms. The molecule has 1 N–H and O–H groups in total. The van der Waals surface area contributed by atoms with E-state index in [1.165, 1.54) is 11.1 Å². The zero-order valence-electron chi connectivity index (χ0n) is 11.4. The summed E-state index contributed by atoms with van der Waals surface area (Å²) in [5.41, 5.74) is 3.53. The van der Waals surface area contributed by atoms with Crippen LogP contribution in [0.25, 0.3) is 0 Å². The summed E-state index contributed by atoms with van der Waals surface area (Å²) in [6, 6.07) is 8.43. The molecule has 0 aliphatic rings. The van der Waals surface area contributed by atoms with Gasteiger partial charge in [-0.25, -0.2) is 0 Å². The number of ether oxygens (including phenoxy) is 2. The van der Waals surface area contributed by atoms with Crippen molar-refractivity contribution in [3.8, 4) is 0 Å². The van der Waals surface area contributed by atoms with Gasteiger partial charge in [0, 0.05) is 20.2 Å². The summed E-state index contributed by atoms with van der Waals surface area (Å²) in [7, 11) is 1.71. The first-order valence-electron chi connectivity index (χ1n) is 6.22. The van der Waals surface area contributed by atoms with Crippen LogP contribution in [0.1, 0.15) is 18.1 Å². The molecular formula is C15H23NO2. The molecule has 0 fully saturated rings. The Hall–Kier alpha value is -1.16. The van der Waals surface area contributed by atoms with E-state index in [-0.39, 0.29) is 0 Å². The Morgan fingerprint density at radius 3 is 2.50 bits per heavy atom. The molecule has 0 heterocycles. The van der Waals surface area contributed by atoms with Crippen LogP contribution >= 0.6 is 0 Å². The first-order chi connectivity index (χ1) is 8.72. The summed E-state index contributed by atoms with van der Waals surface area (Å²) in [5.74, 6) is 0. The van der Waals surface area contributed by atoms with E-state index in [4.69, 9.17) is 9.47 Å². The minimum atomic E-state index is 0.646. The van der Waals surface area contributed by atoms with Crippen molar-refractivity contribution >= 4 is 0 Å². The minimum Gasteiger partial charge on any atom is -0.380 e. The Labute approximate surface area is 110 Å². The van der Waals surface area contributed by atoms with E-state index in [0.29, 0.717) is 19.8 Å². The second kappa shape index (κ2) is 8.86. The van der Waals surface area contributed by atoms with Gasteiger partial charge in [0.05, 0.1) is 19.8 Å². The van der Waals surface area contributed by atoms with E-state index >= 15 is 0 Å². The van der Waals surface area contributed by atoms with Gasteiger partial charge in [0.1, 0.15) is 0 Å². The third-order valence-corrected chi connectivity index (χ3v) is 2.43. The molecule has 0 saturated carbocycles. The van der Waals surface area contributed by atoms with Crippen molar-refractivity contribution in [2.75, 3.05) is 26.9 Å². The molecular weight excluding hydrogens is 226 g/mol. The Kier molecular flexibility index (Phi) is 7.34. The van der Waals surface area contributed by atoms with Crippen molar-refractivity contribution in [2.45, 2.75) is 20.1 Å². The molecule has 0 aliphatic carbocycles. The molecule has 0 atom stereocenters. The number of nitrogens with one attached hydrogen (secondary N) is 1. The van der Waals surface area contributed by atoms with Crippen molar-refractivity contribution in [3.63, 3.8) is 0 Å². The standard InChI is InChI=1S/C15H23NO2/c1-13(2)11-18-9-8-16-10-14-4-6-15(7-5-14)12-17-3/h4-7,16H,1,8-12H2,2-3H3. The first kappa shape index (κ1) is 14.9.